The fourth-order valence-corrected chi connectivity index (χ4v) is 2.08. The van der Waals surface area contributed by atoms with Gasteiger partial charge >= 0.3 is 0 Å². The predicted octanol–water partition coefficient (Wildman–Crippen LogP) is -0.268. The van der Waals surface area contributed by atoms with Crippen LogP contribution >= 0.6 is 0 Å². The molecule has 2 saturated heterocycles. The molecule has 0 radical (unpaired) electrons. The zero-order valence-corrected chi connectivity index (χ0v) is 6.60. The SMILES string of the molecule is O=C1NCC[C@@H]2CNCC[C@@H]12. The van der Waals surface area contributed by atoms with E-state index in [0.29, 0.717) is 11.8 Å². The Morgan fingerprint density at radius 2 is 2.18 bits per heavy atom. The second-order valence-corrected chi connectivity index (χ2v) is 3.44. The first-order valence-corrected chi connectivity index (χ1v) is 4.36. The van der Waals surface area contributed by atoms with Crippen LogP contribution in [0.2, 0.25) is 0 Å². The molecule has 11 heavy (non-hydrogen) atoms. The van der Waals surface area contributed by atoms with Crippen molar-refractivity contribution in [3.63, 3.8) is 0 Å². The maximum Gasteiger partial charge on any atom is 0.223 e. The molecule has 0 spiro atoms. The Morgan fingerprint density at radius 3 is 3.00 bits per heavy atom. The minimum atomic E-state index is 0.280. The molecule has 0 aromatic carbocycles. The molecule has 2 fully saturated rings. The molecule has 0 unspecified atom stereocenters. The summed E-state index contributed by atoms with van der Waals surface area (Å²) in [5, 5.41) is 6.24. The fraction of sp³-hybridized carbons (Fsp3) is 0.875. The van der Waals surface area contributed by atoms with Crippen molar-refractivity contribution in [2.75, 3.05) is 19.6 Å². The summed E-state index contributed by atoms with van der Waals surface area (Å²) in [7, 11) is 0. The molecule has 0 aliphatic carbocycles. The lowest BCUT2D eigenvalue weighted by Gasteiger charge is -2.34. The van der Waals surface area contributed by atoms with E-state index in [2.05, 4.69) is 10.6 Å². The lowest BCUT2D eigenvalue weighted by Crippen LogP contribution is -2.49. The molecule has 2 heterocycles. The van der Waals surface area contributed by atoms with Gasteiger partial charge in [-0.25, -0.2) is 0 Å². The van der Waals surface area contributed by atoms with E-state index < -0.39 is 0 Å². The first kappa shape index (κ1) is 7.10. The number of piperidine rings is 2. The van der Waals surface area contributed by atoms with Crippen LogP contribution in [-0.2, 0) is 4.79 Å². The Morgan fingerprint density at radius 1 is 1.27 bits per heavy atom. The fourth-order valence-electron chi connectivity index (χ4n) is 2.08. The third-order valence-electron chi connectivity index (χ3n) is 2.76. The number of nitrogens with one attached hydrogen (secondary N) is 2. The quantitative estimate of drug-likeness (QED) is 0.504. The van der Waals surface area contributed by atoms with Gasteiger partial charge in [-0.15, -0.1) is 0 Å². The normalized spacial score (nSPS) is 37.6. The average Bonchev–Trinajstić information content (AvgIpc) is 2.06. The van der Waals surface area contributed by atoms with Gasteiger partial charge in [0.2, 0.25) is 5.91 Å². The summed E-state index contributed by atoms with van der Waals surface area (Å²) >= 11 is 0. The molecule has 0 aromatic heterocycles. The van der Waals surface area contributed by atoms with E-state index in [1.165, 1.54) is 0 Å². The number of fused-ring (bicyclic) bond motifs is 1. The summed E-state index contributed by atoms with van der Waals surface area (Å²) in [6.45, 7) is 2.92. The molecule has 1 amide bonds. The Bertz CT molecular complexity index is 167. The molecule has 2 N–H and O–H groups in total. The maximum absolute atomic E-state index is 11.3. The van der Waals surface area contributed by atoms with Crippen molar-refractivity contribution in [2.24, 2.45) is 11.8 Å². The number of hydrogen-bond acceptors (Lipinski definition) is 2. The third kappa shape index (κ3) is 1.25. The van der Waals surface area contributed by atoms with E-state index in [1.54, 1.807) is 0 Å². The molecular weight excluding hydrogens is 140 g/mol. The van der Waals surface area contributed by atoms with E-state index >= 15 is 0 Å². The van der Waals surface area contributed by atoms with Crippen LogP contribution in [-0.4, -0.2) is 25.5 Å². The number of rotatable bonds is 0. The molecule has 0 bridgehead atoms. The highest BCUT2D eigenvalue weighted by molar-refractivity contribution is 5.79. The second kappa shape index (κ2) is 2.81. The Labute approximate surface area is 66.5 Å². The minimum Gasteiger partial charge on any atom is -0.356 e. The monoisotopic (exact) mass is 154 g/mol. The Hall–Kier alpha value is -0.570. The molecular formula is C8H14N2O. The maximum atomic E-state index is 11.3. The molecule has 62 valence electrons. The molecule has 0 saturated carbocycles. The average molecular weight is 154 g/mol. The van der Waals surface area contributed by atoms with Crippen LogP contribution in [0.3, 0.4) is 0 Å². The van der Waals surface area contributed by atoms with Gasteiger partial charge in [0.05, 0.1) is 0 Å². The lowest BCUT2D eigenvalue weighted by atomic mass is 9.81. The van der Waals surface area contributed by atoms with Crippen molar-refractivity contribution in [2.45, 2.75) is 12.8 Å². The number of amides is 1. The van der Waals surface area contributed by atoms with E-state index in [0.717, 1.165) is 32.5 Å². The number of carbonyl (C=O) groups is 1. The van der Waals surface area contributed by atoms with Gasteiger partial charge in [-0.3, -0.25) is 4.79 Å². The summed E-state index contributed by atoms with van der Waals surface area (Å²) < 4.78 is 0. The molecule has 0 aromatic rings. The standard InChI is InChI=1S/C8H14N2O/c11-8-7-2-3-9-5-6(7)1-4-10-8/h6-7,9H,1-5H2,(H,10,11)/t6-,7-/m1/s1. The first-order chi connectivity index (χ1) is 5.38. The van der Waals surface area contributed by atoms with Crippen LogP contribution in [0.15, 0.2) is 0 Å². The topological polar surface area (TPSA) is 41.1 Å². The van der Waals surface area contributed by atoms with Gasteiger partial charge in [0.25, 0.3) is 0 Å². The Balaban J connectivity index is 2.05. The van der Waals surface area contributed by atoms with Crippen molar-refractivity contribution in [1.29, 1.82) is 0 Å². The van der Waals surface area contributed by atoms with Crippen LogP contribution in [0.1, 0.15) is 12.8 Å². The molecule has 2 atom stereocenters. The summed E-state index contributed by atoms with van der Waals surface area (Å²) in [5.74, 6) is 1.20. The largest absolute Gasteiger partial charge is 0.356 e. The molecule has 2 rings (SSSR count). The van der Waals surface area contributed by atoms with Crippen molar-refractivity contribution in [3.05, 3.63) is 0 Å². The van der Waals surface area contributed by atoms with Gasteiger partial charge in [-0.05, 0) is 31.8 Å². The van der Waals surface area contributed by atoms with Crippen LogP contribution < -0.4 is 10.6 Å². The molecule has 3 heteroatoms. The number of carbonyl (C=O) groups excluding carboxylic acids is 1. The molecule has 3 nitrogen and oxygen atoms in total. The highest BCUT2D eigenvalue weighted by Crippen LogP contribution is 2.24. The summed E-state index contributed by atoms with van der Waals surface area (Å²) in [5.41, 5.74) is 0. The Kier molecular flexibility index (Phi) is 1.82. The summed E-state index contributed by atoms with van der Waals surface area (Å²) in [6.07, 6.45) is 2.18. The van der Waals surface area contributed by atoms with Crippen molar-refractivity contribution < 1.29 is 4.79 Å². The summed E-state index contributed by atoms with van der Waals surface area (Å²) in [4.78, 5) is 11.3. The zero-order valence-electron chi connectivity index (χ0n) is 6.60. The van der Waals surface area contributed by atoms with E-state index in [1.807, 2.05) is 0 Å². The van der Waals surface area contributed by atoms with Gasteiger partial charge in [0, 0.05) is 12.5 Å². The predicted molar refractivity (Wildman–Crippen MR) is 42.1 cm³/mol. The first-order valence-electron chi connectivity index (χ1n) is 4.36. The highest BCUT2D eigenvalue weighted by atomic mass is 16.1. The smallest absolute Gasteiger partial charge is 0.223 e. The van der Waals surface area contributed by atoms with Crippen LogP contribution in [0.4, 0.5) is 0 Å². The summed E-state index contributed by atoms with van der Waals surface area (Å²) in [6, 6.07) is 0. The second-order valence-electron chi connectivity index (χ2n) is 3.44. The van der Waals surface area contributed by atoms with Crippen molar-refractivity contribution in [1.82, 2.24) is 10.6 Å². The van der Waals surface area contributed by atoms with Crippen LogP contribution in [0, 0.1) is 11.8 Å². The van der Waals surface area contributed by atoms with Gasteiger partial charge in [0.1, 0.15) is 0 Å². The van der Waals surface area contributed by atoms with E-state index in [4.69, 9.17) is 0 Å². The lowest BCUT2D eigenvalue weighted by molar-refractivity contribution is -0.129. The van der Waals surface area contributed by atoms with Gasteiger partial charge in [0.15, 0.2) is 0 Å². The van der Waals surface area contributed by atoms with E-state index in [-0.39, 0.29) is 5.91 Å². The van der Waals surface area contributed by atoms with Crippen LogP contribution in [0.25, 0.3) is 0 Å². The third-order valence-corrected chi connectivity index (χ3v) is 2.76. The zero-order chi connectivity index (χ0) is 7.68. The van der Waals surface area contributed by atoms with Gasteiger partial charge < -0.3 is 10.6 Å². The van der Waals surface area contributed by atoms with Crippen molar-refractivity contribution >= 4 is 5.91 Å². The highest BCUT2D eigenvalue weighted by Gasteiger charge is 2.33. The minimum absolute atomic E-state index is 0.280. The van der Waals surface area contributed by atoms with Gasteiger partial charge in [-0.1, -0.05) is 0 Å². The molecule has 2 aliphatic heterocycles. The van der Waals surface area contributed by atoms with E-state index in [9.17, 15) is 4.79 Å². The van der Waals surface area contributed by atoms with Gasteiger partial charge in [-0.2, -0.15) is 0 Å². The van der Waals surface area contributed by atoms with Crippen molar-refractivity contribution in [3.8, 4) is 0 Å². The number of hydrogen-bond donors (Lipinski definition) is 2. The molecule has 2 aliphatic rings. The van der Waals surface area contributed by atoms with Crippen LogP contribution in [0.5, 0.6) is 0 Å².